The molecule has 0 heterocycles. The molecule has 30 heavy (non-hydrogen) atoms. The lowest BCUT2D eigenvalue weighted by Crippen LogP contribution is -2.52. The first-order valence-corrected chi connectivity index (χ1v) is 11.5. The molecule has 2 aromatic rings. The Morgan fingerprint density at radius 2 is 1.67 bits per heavy atom. The fraction of sp³-hybridized carbons (Fsp3) is 0.417. The summed E-state index contributed by atoms with van der Waals surface area (Å²) in [5, 5.41) is 3.68. The van der Waals surface area contributed by atoms with Gasteiger partial charge in [0.2, 0.25) is 11.8 Å². The molecule has 4 nitrogen and oxygen atoms in total. The van der Waals surface area contributed by atoms with Gasteiger partial charge in [0, 0.05) is 34.2 Å². The number of hydrogen-bond acceptors (Lipinski definition) is 3. The SMILES string of the molecule is Cc1ccc(CN(C(=O)CCSc2ccc(Cl)cc2)C(C)C(=O)NC(C)(C)C)cc1. The van der Waals surface area contributed by atoms with Crippen molar-refractivity contribution in [1.82, 2.24) is 10.2 Å². The van der Waals surface area contributed by atoms with Crippen molar-refractivity contribution in [3.05, 3.63) is 64.7 Å². The molecule has 0 saturated carbocycles. The highest BCUT2D eigenvalue weighted by molar-refractivity contribution is 7.99. The molecule has 2 rings (SSSR count). The summed E-state index contributed by atoms with van der Waals surface area (Å²) < 4.78 is 0. The number of halogens is 1. The van der Waals surface area contributed by atoms with Crippen LogP contribution in [0.15, 0.2) is 53.4 Å². The van der Waals surface area contributed by atoms with E-state index in [9.17, 15) is 9.59 Å². The van der Waals surface area contributed by atoms with Crippen molar-refractivity contribution in [3.63, 3.8) is 0 Å². The van der Waals surface area contributed by atoms with Crippen molar-refractivity contribution in [2.45, 2.75) is 64.1 Å². The molecule has 2 aromatic carbocycles. The van der Waals surface area contributed by atoms with Gasteiger partial charge in [0.25, 0.3) is 0 Å². The van der Waals surface area contributed by atoms with Crippen molar-refractivity contribution in [1.29, 1.82) is 0 Å². The van der Waals surface area contributed by atoms with Crippen LogP contribution in [-0.2, 0) is 16.1 Å². The molecule has 0 aliphatic rings. The number of nitrogens with zero attached hydrogens (tertiary/aromatic N) is 1. The van der Waals surface area contributed by atoms with Gasteiger partial charge in [-0.15, -0.1) is 11.8 Å². The molecule has 0 spiro atoms. The number of nitrogens with one attached hydrogen (secondary N) is 1. The maximum Gasteiger partial charge on any atom is 0.242 e. The predicted molar refractivity (Wildman–Crippen MR) is 126 cm³/mol. The zero-order chi connectivity index (χ0) is 22.3. The van der Waals surface area contributed by atoms with Crippen LogP contribution in [-0.4, -0.2) is 34.0 Å². The van der Waals surface area contributed by atoms with Crippen LogP contribution in [0, 0.1) is 6.92 Å². The Balaban J connectivity index is 2.08. The van der Waals surface area contributed by atoms with Crippen LogP contribution in [0.4, 0.5) is 0 Å². The van der Waals surface area contributed by atoms with E-state index >= 15 is 0 Å². The van der Waals surface area contributed by atoms with E-state index in [1.54, 1.807) is 23.6 Å². The number of thioether (sulfide) groups is 1. The number of rotatable bonds is 8. The maximum absolute atomic E-state index is 13.1. The first-order valence-electron chi connectivity index (χ1n) is 10.1. The quantitative estimate of drug-likeness (QED) is 0.547. The van der Waals surface area contributed by atoms with Gasteiger partial charge in [-0.2, -0.15) is 0 Å². The third kappa shape index (κ3) is 8.04. The van der Waals surface area contributed by atoms with E-state index in [2.05, 4.69) is 5.32 Å². The second kappa shape index (κ2) is 10.9. The first-order chi connectivity index (χ1) is 14.0. The Bertz CT molecular complexity index is 845. The average molecular weight is 447 g/mol. The van der Waals surface area contributed by atoms with Gasteiger partial charge in [0.1, 0.15) is 6.04 Å². The lowest BCUT2D eigenvalue weighted by Gasteiger charge is -2.31. The van der Waals surface area contributed by atoms with E-state index in [4.69, 9.17) is 11.6 Å². The summed E-state index contributed by atoms with van der Waals surface area (Å²) in [4.78, 5) is 28.6. The maximum atomic E-state index is 13.1. The summed E-state index contributed by atoms with van der Waals surface area (Å²) in [6.45, 7) is 10.0. The van der Waals surface area contributed by atoms with Gasteiger partial charge in [0.15, 0.2) is 0 Å². The summed E-state index contributed by atoms with van der Waals surface area (Å²) >= 11 is 7.53. The fourth-order valence-corrected chi connectivity index (χ4v) is 3.84. The van der Waals surface area contributed by atoms with E-state index in [1.165, 1.54) is 0 Å². The molecule has 2 amide bonds. The highest BCUT2D eigenvalue weighted by atomic mass is 35.5. The van der Waals surface area contributed by atoms with Crippen molar-refractivity contribution in [2.75, 3.05) is 5.75 Å². The van der Waals surface area contributed by atoms with Gasteiger partial charge in [-0.25, -0.2) is 0 Å². The molecule has 0 bridgehead atoms. The second-order valence-electron chi connectivity index (χ2n) is 8.47. The summed E-state index contributed by atoms with van der Waals surface area (Å²) in [5.74, 6) is 0.459. The summed E-state index contributed by atoms with van der Waals surface area (Å²) in [6, 6.07) is 15.1. The summed E-state index contributed by atoms with van der Waals surface area (Å²) in [5.41, 5.74) is 1.82. The highest BCUT2D eigenvalue weighted by Crippen LogP contribution is 2.22. The number of carbonyl (C=O) groups is 2. The van der Waals surface area contributed by atoms with Gasteiger partial charge < -0.3 is 10.2 Å². The van der Waals surface area contributed by atoms with E-state index in [0.29, 0.717) is 23.7 Å². The third-order valence-corrected chi connectivity index (χ3v) is 5.80. The fourth-order valence-electron chi connectivity index (χ4n) is 2.88. The van der Waals surface area contributed by atoms with Crippen LogP contribution in [0.1, 0.15) is 45.2 Å². The molecule has 0 fully saturated rings. The normalized spacial score (nSPS) is 12.3. The number of aryl methyl sites for hydroxylation is 1. The summed E-state index contributed by atoms with van der Waals surface area (Å²) in [6.07, 6.45) is 0.353. The van der Waals surface area contributed by atoms with Crippen LogP contribution in [0.5, 0.6) is 0 Å². The molecule has 1 atom stereocenters. The molecule has 162 valence electrons. The van der Waals surface area contributed by atoms with Crippen LogP contribution >= 0.6 is 23.4 Å². The minimum absolute atomic E-state index is 0.0337. The molecule has 1 N–H and O–H groups in total. The average Bonchev–Trinajstić information content (AvgIpc) is 2.67. The van der Waals surface area contributed by atoms with E-state index in [-0.39, 0.29) is 17.4 Å². The molecular formula is C24H31ClN2O2S. The standard InChI is InChI=1S/C24H31ClN2O2S/c1-17-6-8-19(9-7-17)16-27(18(2)23(29)26-24(3,4)5)22(28)14-15-30-21-12-10-20(25)11-13-21/h6-13,18H,14-16H2,1-5H3,(H,26,29). The topological polar surface area (TPSA) is 49.4 Å². The van der Waals surface area contributed by atoms with Crippen molar-refractivity contribution >= 4 is 35.2 Å². The predicted octanol–water partition coefficient (Wildman–Crippen LogP) is 5.46. The summed E-state index contributed by atoms with van der Waals surface area (Å²) in [7, 11) is 0. The van der Waals surface area contributed by atoms with Gasteiger partial charge in [-0.05, 0) is 64.4 Å². The van der Waals surface area contributed by atoms with Crippen molar-refractivity contribution in [3.8, 4) is 0 Å². The van der Waals surface area contributed by atoms with Crippen LogP contribution in [0.2, 0.25) is 5.02 Å². The van der Waals surface area contributed by atoms with Gasteiger partial charge in [-0.1, -0.05) is 41.4 Å². The molecule has 6 heteroatoms. The number of hydrogen-bond donors (Lipinski definition) is 1. The second-order valence-corrected chi connectivity index (χ2v) is 10.1. The molecule has 0 aliphatic carbocycles. The van der Waals surface area contributed by atoms with Crippen LogP contribution in [0.3, 0.4) is 0 Å². The Hall–Kier alpha value is -1.98. The largest absolute Gasteiger partial charge is 0.350 e. The Morgan fingerprint density at radius 3 is 2.23 bits per heavy atom. The lowest BCUT2D eigenvalue weighted by molar-refractivity contribution is -0.140. The van der Waals surface area contributed by atoms with Crippen LogP contribution < -0.4 is 5.32 Å². The molecule has 0 aliphatic heterocycles. The van der Waals surface area contributed by atoms with Gasteiger partial charge >= 0.3 is 0 Å². The van der Waals surface area contributed by atoms with E-state index in [0.717, 1.165) is 16.0 Å². The monoisotopic (exact) mass is 446 g/mol. The molecule has 0 aromatic heterocycles. The smallest absolute Gasteiger partial charge is 0.242 e. The number of amides is 2. The molecule has 1 unspecified atom stereocenters. The Morgan fingerprint density at radius 1 is 1.07 bits per heavy atom. The minimum atomic E-state index is -0.557. The lowest BCUT2D eigenvalue weighted by atomic mass is 10.1. The molecule has 0 radical (unpaired) electrons. The number of benzene rings is 2. The van der Waals surface area contributed by atoms with Crippen molar-refractivity contribution < 1.29 is 9.59 Å². The number of carbonyl (C=O) groups excluding carboxylic acids is 2. The Labute approximate surface area is 189 Å². The van der Waals surface area contributed by atoms with Crippen LogP contribution in [0.25, 0.3) is 0 Å². The zero-order valence-corrected chi connectivity index (χ0v) is 19.9. The molecule has 0 saturated heterocycles. The van der Waals surface area contributed by atoms with E-state index in [1.807, 2.05) is 76.2 Å². The van der Waals surface area contributed by atoms with Gasteiger partial charge in [-0.3, -0.25) is 9.59 Å². The molecular weight excluding hydrogens is 416 g/mol. The van der Waals surface area contributed by atoms with Crippen molar-refractivity contribution in [2.24, 2.45) is 0 Å². The van der Waals surface area contributed by atoms with E-state index < -0.39 is 6.04 Å². The minimum Gasteiger partial charge on any atom is -0.350 e. The first kappa shape index (κ1) is 24.3. The van der Waals surface area contributed by atoms with Gasteiger partial charge in [0.05, 0.1) is 0 Å². The Kier molecular flexibility index (Phi) is 8.80. The zero-order valence-electron chi connectivity index (χ0n) is 18.4. The third-order valence-electron chi connectivity index (χ3n) is 4.54. The highest BCUT2D eigenvalue weighted by Gasteiger charge is 2.28.